The highest BCUT2D eigenvalue weighted by Crippen LogP contribution is 2.32. The van der Waals surface area contributed by atoms with Crippen molar-refractivity contribution in [1.82, 2.24) is 10.2 Å². The first kappa shape index (κ1) is 16.3. The van der Waals surface area contributed by atoms with Crippen molar-refractivity contribution in [1.29, 1.82) is 0 Å². The van der Waals surface area contributed by atoms with Crippen LogP contribution in [0.4, 0.5) is 0 Å². The molecular formula is C17H34N2O. The van der Waals surface area contributed by atoms with Crippen molar-refractivity contribution in [2.75, 3.05) is 26.2 Å². The molecule has 0 radical (unpaired) electrons. The molecule has 2 aliphatic heterocycles. The fourth-order valence-corrected chi connectivity index (χ4v) is 3.66. The molecule has 3 heteroatoms. The van der Waals surface area contributed by atoms with Gasteiger partial charge in [0.05, 0.1) is 5.60 Å². The van der Waals surface area contributed by atoms with E-state index in [1.807, 2.05) is 0 Å². The van der Waals surface area contributed by atoms with E-state index in [-0.39, 0.29) is 5.60 Å². The summed E-state index contributed by atoms with van der Waals surface area (Å²) in [7, 11) is 0. The number of hydrogen-bond acceptors (Lipinski definition) is 3. The molecule has 2 saturated heterocycles. The minimum absolute atomic E-state index is 0.117. The number of nitrogens with one attached hydrogen (secondary N) is 1. The summed E-state index contributed by atoms with van der Waals surface area (Å²) in [5, 5.41) is 3.61. The fraction of sp³-hybridized carbons (Fsp3) is 1.00. The lowest BCUT2D eigenvalue weighted by molar-refractivity contribution is -0.100. The summed E-state index contributed by atoms with van der Waals surface area (Å²) in [5.41, 5.74) is 0.117. The SMILES string of the molecule is CCC1(C)CC(N2CCCC(CNC(C)C)C2)CCO1. The van der Waals surface area contributed by atoms with Crippen LogP contribution in [-0.2, 0) is 4.74 Å². The molecule has 0 aromatic rings. The van der Waals surface area contributed by atoms with Gasteiger partial charge in [0.15, 0.2) is 0 Å². The normalized spacial score (nSPS) is 36.5. The standard InChI is InChI=1S/C17H34N2O/c1-5-17(4)11-16(8-10-20-17)19-9-6-7-15(13-19)12-18-14(2)3/h14-16,18H,5-13H2,1-4H3. The molecule has 20 heavy (non-hydrogen) atoms. The lowest BCUT2D eigenvalue weighted by Crippen LogP contribution is -2.51. The van der Waals surface area contributed by atoms with Crippen LogP contribution in [0.15, 0.2) is 0 Å². The molecule has 118 valence electrons. The topological polar surface area (TPSA) is 24.5 Å². The van der Waals surface area contributed by atoms with Crippen LogP contribution < -0.4 is 5.32 Å². The number of ether oxygens (including phenoxy) is 1. The number of piperidine rings is 1. The zero-order chi connectivity index (χ0) is 14.6. The Balaban J connectivity index is 1.85. The van der Waals surface area contributed by atoms with Gasteiger partial charge in [-0.05, 0) is 58.0 Å². The van der Waals surface area contributed by atoms with Crippen LogP contribution in [0.2, 0.25) is 0 Å². The Morgan fingerprint density at radius 1 is 1.35 bits per heavy atom. The first-order valence-corrected chi connectivity index (χ1v) is 8.64. The van der Waals surface area contributed by atoms with E-state index in [0.717, 1.165) is 25.0 Å². The van der Waals surface area contributed by atoms with Gasteiger partial charge in [-0.15, -0.1) is 0 Å². The molecule has 0 amide bonds. The van der Waals surface area contributed by atoms with Crippen LogP contribution in [-0.4, -0.2) is 48.8 Å². The summed E-state index contributed by atoms with van der Waals surface area (Å²) < 4.78 is 6.00. The van der Waals surface area contributed by atoms with Crippen LogP contribution in [0.5, 0.6) is 0 Å². The van der Waals surface area contributed by atoms with Crippen molar-refractivity contribution >= 4 is 0 Å². The van der Waals surface area contributed by atoms with Crippen LogP contribution >= 0.6 is 0 Å². The summed E-state index contributed by atoms with van der Waals surface area (Å²) in [6.45, 7) is 13.7. The highest BCUT2D eigenvalue weighted by Gasteiger charge is 2.35. The van der Waals surface area contributed by atoms with Gasteiger partial charge in [0.2, 0.25) is 0 Å². The van der Waals surface area contributed by atoms with Gasteiger partial charge in [-0.25, -0.2) is 0 Å². The molecule has 2 fully saturated rings. The number of rotatable bonds is 5. The third-order valence-corrected chi connectivity index (χ3v) is 5.20. The van der Waals surface area contributed by atoms with Crippen LogP contribution in [0, 0.1) is 5.92 Å². The van der Waals surface area contributed by atoms with Gasteiger partial charge in [0.25, 0.3) is 0 Å². The second-order valence-electron chi connectivity index (χ2n) is 7.36. The van der Waals surface area contributed by atoms with Crippen LogP contribution in [0.25, 0.3) is 0 Å². The smallest absolute Gasteiger partial charge is 0.0666 e. The molecule has 2 aliphatic rings. The second kappa shape index (κ2) is 7.24. The van der Waals surface area contributed by atoms with Gasteiger partial charge in [-0.3, -0.25) is 4.90 Å². The number of nitrogens with zero attached hydrogens (tertiary/aromatic N) is 1. The Bertz CT molecular complexity index is 295. The predicted octanol–water partition coefficient (Wildman–Crippen LogP) is 3.04. The summed E-state index contributed by atoms with van der Waals surface area (Å²) in [4.78, 5) is 2.76. The molecule has 0 bridgehead atoms. The zero-order valence-electron chi connectivity index (χ0n) is 14.0. The van der Waals surface area contributed by atoms with Crippen LogP contribution in [0.3, 0.4) is 0 Å². The van der Waals surface area contributed by atoms with E-state index in [1.165, 1.54) is 45.3 Å². The quantitative estimate of drug-likeness (QED) is 0.839. The maximum absolute atomic E-state index is 6.00. The van der Waals surface area contributed by atoms with E-state index >= 15 is 0 Å². The average Bonchev–Trinajstić information content (AvgIpc) is 2.45. The summed E-state index contributed by atoms with van der Waals surface area (Å²) in [6.07, 6.45) is 6.33. The predicted molar refractivity (Wildman–Crippen MR) is 85.1 cm³/mol. The van der Waals surface area contributed by atoms with Crippen molar-refractivity contribution in [2.24, 2.45) is 5.92 Å². The molecule has 2 heterocycles. The van der Waals surface area contributed by atoms with E-state index < -0.39 is 0 Å². The Morgan fingerprint density at radius 2 is 2.15 bits per heavy atom. The summed E-state index contributed by atoms with van der Waals surface area (Å²) >= 11 is 0. The Hall–Kier alpha value is -0.120. The third-order valence-electron chi connectivity index (χ3n) is 5.20. The van der Waals surface area contributed by atoms with Gasteiger partial charge in [-0.2, -0.15) is 0 Å². The molecule has 1 N–H and O–H groups in total. The molecule has 3 atom stereocenters. The Kier molecular flexibility index (Phi) is 5.88. The number of likely N-dealkylation sites (tertiary alicyclic amines) is 1. The minimum Gasteiger partial charge on any atom is -0.375 e. The summed E-state index contributed by atoms with van der Waals surface area (Å²) in [5.74, 6) is 0.835. The van der Waals surface area contributed by atoms with E-state index in [2.05, 4.69) is 37.9 Å². The largest absolute Gasteiger partial charge is 0.375 e. The number of hydrogen-bond donors (Lipinski definition) is 1. The lowest BCUT2D eigenvalue weighted by atomic mass is 9.87. The van der Waals surface area contributed by atoms with Crippen molar-refractivity contribution in [2.45, 2.75) is 77.5 Å². The van der Waals surface area contributed by atoms with Crippen molar-refractivity contribution in [3.63, 3.8) is 0 Å². The van der Waals surface area contributed by atoms with Crippen molar-refractivity contribution in [3.05, 3.63) is 0 Å². The fourth-order valence-electron chi connectivity index (χ4n) is 3.66. The monoisotopic (exact) mass is 282 g/mol. The van der Waals surface area contributed by atoms with Gasteiger partial charge < -0.3 is 10.1 Å². The van der Waals surface area contributed by atoms with Crippen LogP contribution in [0.1, 0.15) is 59.8 Å². The highest BCUT2D eigenvalue weighted by molar-refractivity contribution is 4.89. The minimum atomic E-state index is 0.117. The van der Waals surface area contributed by atoms with Gasteiger partial charge >= 0.3 is 0 Å². The molecule has 0 saturated carbocycles. The van der Waals surface area contributed by atoms with E-state index in [9.17, 15) is 0 Å². The first-order chi connectivity index (χ1) is 9.52. The van der Waals surface area contributed by atoms with E-state index in [4.69, 9.17) is 4.74 Å². The molecule has 0 aromatic carbocycles. The Morgan fingerprint density at radius 3 is 2.85 bits per heavy atom. The first-order valence-electron chi connectivity index (χ1n) is 8.64. The second-order valence-corrected chi connectivity index (χ2v) is 7.36. The maximum atomic E-state index is 6.00. The highest BCUT2D eigenvalue weighted by atomic mass is 16.5. The van der Waals surface area contributed by atoms with Gasteiger partial charge in [0.1, 0.15) is 0 Å². The van der Waals surface area contributed by atoms with Crippen molar-refractivity contribution < 1.29 is 4.74 Å². The zero-order valence-corrected chi connectivity index (χ0v) is 14.0. The molecule has 3 nitrogen and oxygen atoms in total. The van der Waals surface area contributed by atoms with Gasteiger partial charge in [-0.1, -0.05) is 20.8 Å². The van der Waals surface area contributed by atoms with E-state index in [0.29, 0.717) is 6.04 Å². The molecule has 0 spiro atoms. The Labute approximate surface area is 125 Å². The van der Waals surface area contributed by atoms with E-state index in [1.54, 1.807) is 0 Å². The molecule has 2 rings (SSSR count). The summed E-state index contributed by atoms with van der Waals surface area (Å²) in [6, 6.07) is 1.35. The molecule has 0 aromatic heterocycles. The lowest BCUT2D eigenvalue weighted by Gasteiger charge is -2.45. The van der Waals surface area contributed by atoms with Gasteiger partial charge in [0, 0.05) is 25.2 Å². The van der Waals surface area contributed by atoms with Crippen molar-refractivity contribution in [3.8, 4) is 0 Å². The molecule has 3 unspecified atom stereocenters. The molecule has 0 aliphatic carbocycles. The molecular weight excluding hydrogens is 248 g/mol. The maximum Gasteiger partial charge on any atom is 0.0666 e. The third kappa shape index (κ3) is 4.44. The average molecular weight is 282 g/mol.